The number of anilines is 3. The van der Waals surface area contributed by atoms with Gasteiger partial charge in [-0.1, -0.05) is 29.3 Å². The minimum Gasteiger partial charge on any atom is -0.390 e. The van der Waals surface area contributed by atoms with E-state index in [2.05, 4.69) is 25.6 Å². The Morgan fingerprint density at radius 3 is 2.56 bits per heavy atom. The number of nitrogens with zero attached hydrogens (tertiary/aromatic N) is 3. The van der Waals surface area contributed by atoms with Gasteiger partial charge in [0, 0.05) is 24.0 Å². The average Bonchev–Trinajstić information content (AvgIpc) is 2.61. The maximum atomic E-state index is 12.5. The minimum absolute atomic E-state index is 0.194. The lowest BCUT2D eigenvalue weighted by molar-refractivity contribution is 0.102. The van der Waals surface area contributed by atoms with E-state index < -0.39 is 5.91 Å². The molecular weight excluding hydrogens is 389 g/mol. The van der Waals surface area contributed by atoms with E-state index in [1.54, 1.807) is 43.3 Å². The van der Waals surface area contributed by atoms with Crippen molar-refractivity contribution in [1.29, 1.82) is 0 Å². The fourth-order valence-corrected chi connectivity index (χ4v) is 2.96. The van der Waals surface area contributed by atoms with E-state index in [4.69, 9.17) is 23.2 Å². The van der Waals surface area contributed by atoms with Crippen LogP contribution in [0.2, 0.25) is 10.0 Å². The molecule has 138 valence electrons. The van der Waals surface area contributed by atoms with Gasteiger partial charge in [0.25, 0.3) is 5.91 Å². The van der Waals surface area contributed by atoms with Crippen LogP contribution in [0.15, 0.2) is 42.6 Å². The fourth-order valence-electron chi connectivity index (χ4n) is 2.39. The normalized spacial score (nSPS) is 10.5. The Labute approximate surface area is 165 Å². The molecule has 0 bridgehead atoms. The van der Waals surface area contributed by atoms with Crippen molar-refractivity contribution in [2.75, 3.05) is 10.6 Å². The van der Waals surface area contributed by atoms with Crippen LogP contribution < -0.4 is 10.6 Å². The summed E-state index contributed by atoms with van der Waals surface area (Å²) in [5.74, 6) is 1.03. The Hall–Kier alpha value is -2.74. The molecule has 0 saturated heterocycles. The Morgan fingerprint density at radius 2 is 1.85 bits per heavy atom. The van der Waals surface area contributed by atoms with Crippen LogP contribution in [0.4, 0.5) is 17.3 Å². The van der Waals surface area contributed by atoms with Gasteiger partial charge in [-0.15, -0.1) is 0 Å². The minimum atomic E-state index is -0.428. The van der Waals surface area contributed by atoms with Gasteiger partial charge in [-0.2, -0.15) is 0 Å². The van der Waals surface area contributed by atoms with E-state index in [-0.39, 0.29) is 22.2 Å². The van der Waals surface area contributed by atoms with Crippen molar-refractivity contribution in [3.8, 4) is 0 Å². The summed E-state index contributed by atoms with van der Waals surface area (Å²) in [5, 5.41) is 15.5. The first-order valence-corrected chi connectivity index (χ1v) is 8.65. The van der Waals surface area contributed by atoms with Crippen LogP contribution >= 0.6 is 23.2 Å². The largest absolute Gasteiger partial charge is 0.390 e. The number of rotatable bonds is 5. The van der Waals surface area contributed by atoms with Gasteiger partial charge in [0.15, 0.2) is 0 Å². The van der Waals surface area contributed by atoms with Crippen molar-refractivity contribution < 1.29 is 9.90 Å². The molecule has 2 aromatic heterocycles. The lowest BCUT2D eigenvalue weighted by atomic mass is 10.2. The molecule has 27 heavy (non-hydrogen) atoms. The van der Waals surface area contributed by atoms with Crippen molar-refractivity contribution in [1.82, 2.24) is 15.0 Å². The van der Waals surface area contributed by atoms with Crippen molar-refractivity contribution in [3.05, 3.63) is 69.7 Å². The Morgan fingerprint density at radius 1 is 1.11 bits per heavy atom. The number of aryl methyl sites for hydroxylation is 1. The van der Waals surface area contributed by atoms with Crippen LogP contribution in [0.1, 0.15) is 21.9 Å². The smallest absolute Gasteiger partial charge is 0.258 e. The summed E-state index contributed by atoms with van der Waals surface area (Å²) in [5.41, 5.74) is 1.19. The molecule has 0 spiro atoms. The number of carbonyl (C=O) groups is 1. The lowest BCUT2D eigenvalue weighted by Gasteiger charge is -2.10. The van der Waals surface area contributed by atoms with E-state index >= 15 is 0 Å². The summed E-state index contributed by atoms with van der Waals surface area (Å²) < 4.78 is 0. The Kier molecular flexibility index (Phi) is 5.85. The maximum Gasteiger partial charge on any atom is 0.258 e. The Bertz CT molecular complexity index is 977. The molecule has 1 amide bonds. The number of aliphatic hydroxyl groups excluding tert-OH is 1. The summed E-state index contributed by atoms with van der Waals surface area (Å²) in [4.78, 5) is 25.0. The SMILES string of the molecule is Cc1nc(CO)cc(Nc2cc(NC(=O)c3c(Cl)cccc3Cl)ccn2)n1. The first kappa shape index (κ1) is 19.0. The van der Waals surface area contributed by atoms with Gasteiger partial charge in [0.05, 0.1) is 27.9 Å². The van der Waals surface area contributed by atoms with Crippen molar-refractivity contribution in [2.24, 2.45) is 0 Å². The summed E-state index contributed by atoms with van der Waals surface area (Å²) >= 11 is 12.1. The lowest BCUT2D eigenvalue weighted by Crippen LogP contribution is -2.13. The van der Waals surface area contributed by atoms with E-state index in [9.17, 15) is 9.90 Å². The number of aliphatic hydroxyl groups is 1. The van der Waals surface area contributed by atoms with E-state index in [0.717, 1.165) is 0 Å². The van der Waals surface area contributed by atoms with Crippen LogP contribution in [0, 0.1) is 6.92 Å². The van der Waals surface area contributed by atoms with E-state index in [1.165, 1.54) is 6.20 Å². The quantitative estimate of drug-likeness (QED) is 0.595. The summed E-state index contributed by atoms with van der Waals surface area (Å²) in [7, 11) is 0. The molecule has 0 fully saturated rings. The third-order valence-electron chi connectivity index (χ3n) is 3.52. The zero-order chi connectivity index (χ0) is 19.4. The predicted molar refractivity (Wildman–Crippen MR) is 105 cm³/mol. The van der Waals surface area contributed by atoms with Crippen LogP contribution in [-0.4, -0.2) is 26.0 Å². The van der Waals surface area contributed by atoms with Crippen molar-refractivity contribution >= 4 is 46.4 Å². The zero-order valence-electron chi connectivity index (χ0n) is 14.2. The van der Waals surface area contributed by atoms with Crippen LogP contribution in [0.3, 0.4) is 0 Å². The predicted octanol–water partition coefficient (Wildman–Crippen LogP) is 3.98. The number of hydrogen-bond acceptors (Lipinski definition) is 6. The molecule has 9 heteroatoms. The molecule has 0 radical (unpaired) electrons. The zero-order valence-corrected chi connectivity index (χ0v) is 15.7. The van der Waals surface area contributed by atoms with Gasteiger partial charge < -0.3 is 15.7 Å². The summed E-state index contributed by atoms with van der Waals surface area (Å²) in [6.45, 7) is 1.53. The van der Waals surface area contributed by atoms with Gasteiger partial charge in [0.1, 0.15) is 17.5 Å². The third-order valence-corrected chi connectivity index (χ3v) is 4.15. The van der Waals surface area contributed by atoms with Crippen molar-refractivity contribution in [2.45, 2.75) is 13.5 Å². The Balaban J connectivity index is 1.80. The first-order valence-electron chi connectivity index (χ1n) is 7.90. The van der Waals surface area contributed by atoms with Crippen LogP contribution in [0.25, 0.3) is 0 Å². The highest BCUT2D eigenvalue weighted by atomic mass is 35.5. The van der Waals surface area contributed by atoms with Gasteiger partial charge in [0.2, 0.25) is 0 Å². The molecule has 3 N–H and O–H groups in total. The van der Waals surface area contributed by atoms with Crippen molar-refractivity contribution in [3.63, 3.8) is 0 Å². The molecule has 0 aliphatic heterocycles. The highest BCUT2D eigenvalue weighted by Gasteiger charge is 2.15. The number of halogens is 2. The standard InChI is InChI=1S/C18H15Cl2N5O2/c1-10-22-12(9-26)8-16(23-10)25-15-7-11(5-6-21-15)24-18(27)17-13(19)3-2-4-14(17)20/h2-8,26H,9H2,1H3,(H2,21,22,23,24,25,27). The summed E-state index contributed by atoms with van der Waals surface area (Å²) in [6.07, 6.45) is 1.53. The molecule has 0 aliphatic carbocycles. The molecule has 0 saturated carbocycles. The number of hydrogen-bond donors (Lipinski definition) is 3. The van der Waals surface area contributed by atoms with E-state index in [0.29, 0.717) is 28.8 Å². The van der Waals surface area contributed by atoms with Gasteiger partial charge in [-0.3, -0.25) is 4.79 Å². The second-order valence-electron chi connectivity index (χ2n) is 5.56. The molecule has 0 aliphatic rings. The van der Waals surface area contributed by atoms with Gasteiger partial charge >= 0.3 is 0 Å². The van der Waals surface area contributed by atoms with Crippen LogP contribution in [-0.2, 0) is 6.61 Å². The maximum absolute atomic E-state index is 12.5. The van der Waals surface area contributed by atoms with Crippen LogP contribution in [0.5, 0.6) is 0 Å². The number of nitrogens with one attached hydrogen (secondary N) is 2. The summed E-state index contributed by atoms with van der Waals surface area (Å²) in [6, 6.07) is 9.75. The molecule has 0 unspecified atom stereocenters. The molecule has 7 nitrogen and oxygen atoms in total. The second-order valence-corrected chi connectivity index (χ2v) is 6.37. The first-order chi connectivity index (χ1) is 13.0. The molecule has 3 rings (SSSR count). The van der Waals surface area contributed by atoms with Gasteiger partial charge in [-0.05, 0) is 25.1 Å². The third kappa shape index (κ3) is 4.71. The fraction of sp³-hybridized carbons (Fsp3) is 0.111. The van der Waals surface area contributed by atoms with Gasteiger partial charge in [-0.25, -0.2) is 15.0 Å². The monoisotopic (exact) mass is 403 g/mol. The molecule has 2 heterocycles. The molecule has 0 atom stereocenters. The molecular formula is C18H15Cl2N5O2. The number of aromatic nitrogens is 3. The number of amides is 1. The molecule has 1 aromatic carbocycles. The molecule has 3 aromatic rings. The number of pyridine rings is 1. The second kappa shape index (κ2) is 8.30. The average molecular weight is 404 g/mol. The number of benzene rings is 1. The number of carbonyl (C=O) groups excluding carboxylic acids is 1. The highest BCUT2D eigenvalue weighted by Crippen LogP contribution is 2.26. The highest BCUT2D eigenvalue weighted by molar-refractivity contribution is 6.40. The van der Waals surface area contributed by atoms with E-state index in [1.807, 2.05) is 0 Å². The topological polar surface area (TPSA) is 100 Å².